The van der Waals surface area contributed by atoms with Crippen LogP contribution < -0.4 is 15.4 Å². The molecule has 1 aromatic rings. The first kappa shape index (κ1) is 20.5. The second kappa shape index (κ2) is 9.78. The van der Waals surface area contributed by atoms with Crippen LogP contribution in [0.1, 0.15) is 30.9 Å². The molecule has 28 heavy (non-hydrogen) atoms. The molecule has 1 saturated carbocycles. The van der Waals surface area contributed by atoms with Crippen LogP contribution in [-0.2, 0) is 11.3 Å². The molecule has 0 unspecified atom stereocenters. The average Bonchev–Trinajstić information content (AvgIpc) is 3.49. The maximum atomic E-state index is 12.0. The monoisotopic (exact) mass is 387 g/mol. The average molecular weight is 388 g/mol. The molecule has 2 N–H and O–H groups in total. The van der Waals surface area contributed by atoms with Gasteiger partial charge in [0.15, 0.2) is 5.96 Å². The number of nitrogens with zero attached hydrogens (tertiary/aromatic N) is 3. The smallest absolute Gasteiger partial charge is 0.234 e. The lowest BCUT2D eigenvalue weighted by molar-refractivity contribution is -0.122. The number of hydrogen-bond acceptors (Lipinski definition) is 4. The molecule has 1 amide bonds. The van der Waals surface area contributed by atoms with Gasteiger partial charge in [-0.3, -0.25) is 9.69 Å². The van der Waals surface area contributed by atoms with Gasteiger partial charge in [0.25, 0.3) is 0 Å². The Labute approximate surface area is 168 Å². The zero-order valence-corrected chi connectivity index (χ0v) is 17.3. The SMILES string of the molecule is CCNC(=NCc1cc(C)cc(OC)c1)N1CCN(CC(=O)NC2CC2)CC1. The van der Waals surface area contributed by atoms with Gasteiger partial charge in [0.05, 0.1) is 20.2 Å². The van der Waals surface area contributed by atoms with E-state index in [1.807, 2.05) is 12.1 Å². The molecule has 0 spiro atoms. The molecule has 1 aliphatic carbocycles. The minimum Gasteiger partial charge on any atom is -0.497 e. The Kier molecular flexibility index (Phi) is 7.14. The molecular formula is C21H33N5O2. The lowest BCUT2D eigenvalue weighted by Gasteiger charge is -2.36. The summed E-state index contributed by atoms with van der Waals surface area (Å²) in [6, 6.07) is 6.64. The summed E-state index contributed by atoms with van der Waals surface area (Å²) in [7, 11) is 1.69. The van der Waals surface area contributed by atoms with E-state index in [0.29, 0.717) is 19.1 Å². The van der Waals surface area contributed by atoms with Crippen molar-refractivity contribution in [1.82, 2.24) is 20.4 Å². The summed E-state index contributed by atoms with van der Waals surface area (Å²) in [4.78, 5) is 21.4. The maximum Gasteiger partial charge on any atom is 0.234 e. The first-order valence-corrected chi connectivity index (χ1v) is 10.3. The summed E-state index contributed by atoms with van der Waals surface area (Å²) in [5.41, 5.74) is 2.32. The van der Waals surface area contributed by atoms with E-state index >= 15 is 0 Å². The van der Waals surface area contributed by atoms with Crippen molar-refractivity contribution in [1.29, 1.82) is 0 Å². The van der Waals surface area contributed by atoms with Crippen LogP contribution in [0.25, 0.3) is 0 Å². The fraction of sp³-hybridized carbons (Fsp3) is 0.619. The van der Waals surface area contributed by atoms with Crippen molar-refractivity contribution in [2.75, 3.05) is 46.4 Å². The minimum absolute atomic E-state index is 0.157. The summed E-state index contributed by atoms with van der Waals surface area (Å²) >= 11 is 0. The fourth-order valence-corrected chi connectivity index (χ4v) is 3.45. The van der Waals surface area contributed by atoms with Crippen LogP contribution in [0.5, 0.6) is 5.75 Å². The van der Waals surface area contributed by atoms with Crippen LogP contribution in [0.3, 0.4) is 0 Å². The highest BCUT2D eigenvalue weighted by Crippen LogP contribution is 2.19. The number of aliphatic imine (C=N–C) groups is 1. The van der Waals surface area contributed by atoms with Gasteiger partial charge in [-0.15, -0.1) is 0 Å². The molecule has 7 nitrogen and oxygen atoms in total. The van der Waals surface area contributed by atoms with Crippen LogP contribution >= 0.6 is 0 Å². The predicted molar refractivity (Wildman–Crippen MR) is 112 cm³/mol. The standard InChI is InChI=1S/C21H33N5O2/c1-4-22-21(23-14-17-11-16(2)12-19(13-17)28-3)26-9-7-25(8-10-26)15-20(27)24-18-5-6-18/h11-13,18H,4-10,14-15H2,1-3H3,(H,22,23)(H,24,27). The van der Waals surface area contributed by atoms with E-state index in [4.69, 9.17) is 9.73 Å². The summed E-state index contributed by atoms with van der Waals surface area (Å²) in [5, 5.41) is 6.47. The molecule has 7 heteroatoms. The second-order valence-electron chi connectivity index (χ2n) is 7.63. The molecule has 2 fully saturated rings. The highest BCUT2D eigenvalue weighted by Gasteiger charge is 2.25. The number of benzene rings is 1. The highest BCUT2D eigenvalue weighted by atomic mass is 16.5. The van der Waals surface area contributed by atoms with E-state index < -0.39 is 0 Å². The maximum absolute atomic E-state index is 12.0. The largest absolute Gasteiger partial charge is 0.497 e. The topological polar surface area (TPSA) is 69.2 Å². The number of hydrogen-bond donors (Lipinski definition) is 2. The Balaban J connectivity index is 1.54. The van der Waals surface area contributed by atoms with Crippen molar-refractivity contribution in [2.45, 2.75) is 39.3 Å². The molecule has 3 rings (SSSR count). The van der Waals surface area contributed by atoms with Crippen LogP contribution in [-0.4, -0.2) is 74.1 Å². The zero-order chi connectivity index (χ0) is 19.9. The third-order valence-electron chi connectivity index (χ3n) is 5.07. The van der Waals surface area contributed by atoms with Crippen molar-refractivity contribution < 1.29 is 9.53 Å². The normalized spacial score (nSPS) is 18.1. The van der Waals surface area contributed by atoms with E-state index in [9.17, 15) is 4.79 Å². The summed E-state index contributed by atoms with van der Waals surface area (Å²) in [5.74, 6) is 1.96. The number of piperazine rings is 1. The van der Waals surface area contributed by atoms with E-state index in [2.05, 4.69) is 40.3 Å². The Morgan fingerprint density at radius 3 is 2.61 bits per heavy atom. The number of carbonyl (C=O) groups is 1. The van der Waals surface area contributed by atoms with Crippen LogP contribution in [0.2, 0.25) is 0 Å². The Morgan fingerprint density at radius 2 is 1.96 bits per heavy atom. The molecule has 0 radical (unpaired) electrons. The Hall–Kier alpha value is -2.28. The van der Waals surface area contributed by atoms with Gasteiger partial charge in [-0.1, -0.05) is 6.07 Å². The van der Waals surface area contributed by atoms with Crippen molar-refractivity contribution in [2.24, 2.45) is 4.99 Å². The molecular weight excluding hydrogens is 354 g/mol. The predicted octanol–water partition coefficient (Wildman–Crippen LogP) is 1.37. The van der Waals surface area contributed by atoms with Gasteiger partial charge in [-0.2, -0.15) is 0 Å². The molecule has 1 saturated heterocycles. The molecule has 154 valence electrons. The zero-order valence-electron chi connectivity index (χ0n) is 17.3. The lowest BCUT2D eigenvalue weighted by Crippen LogP contribution is -2.54. The van der Waals surface area contributed by atoms with Crippen molar-refractivity contribution in [3.05, 3.63) is 29.3 Å². The Bertz CT molecular complexity index is 694. The number of carbonyl (C=O) groups excluding carboxylic acids is 1. The van der Waals surface area contributed by atoms with Crippen LogP contribution in [0.15, 0.2) is 23.2 Å². The molecule has 1 aromatic carbocycles. The quantitative estimate of drug-likeness (QED) is 0.546. The number of nitrogens with one attached hydrogen (secondary N) is 2. The summed E-state index contributed by atoms with van der Waals surface area (Å²) in [6.45, 7) is 9.61. The van der Waals surface area contributed by atoms with Gasteiger partial charge in [0.1, 0.15) is 5.75 Å². The molecule has 0 bridgehead atoms. The number of rotatable bonds is 7. The molecule has 1 aliphatic heterocycles. The molecule has 0 aromatic heterocycles. The van der Waals surface area contributed by atoms with Gasteiger partial charge in [-0.05, 0) is 49.9 Å². The third kappa shape index (κ3) is 6.12. The van der Waals surface area contributed by atoms with Crippen molar-refractivity contribution in [3.8, 4) is 5.75 Å². The van der Waals surface area contributed by atoms with Gasteiger partial charge >= 0.3 is 0 Å². The third-order valence-corrected chi connectivity index (χ3v) is 5.07. The first-order valence-electron chi connectivity index (χ1n) is 10.3. The van der Waals surface area contributed by atoms with Crippen LogP contribution in [0, 0.1) is 6.92 Å². The lowest BCUT2D eigenvalue weighted by atomic mass is 10.1. The number of aryl methyl sites for hydroxylation is 1. The van der Waals surface area contributed by atoms with Gasteiger partial charge in [0, 0.05) is 38.8 Å². The van der Waals surface area contributed by atoms with Gasteiger partial charge in [0.2, 0.25) is 5.91 Å². The van der Waals surface area contributed by atoms with Gasteiger partial charge in [-0.25, -0.2) is 4.99 Å². The van der Waals surface area contributed by atoms with E-state index in [1.54, 1.807) is 7.11 Å². The highest BCUT2D eigenvalue weighted by molar-refractivity contribution is 5.80. The summed E-state index contributed by atoms with van der Waals surface area (Å²) in [6.07, 6.45) is 2.27. The van der Waals surface area contributed by atoms with E-state index in [0.717, 1.165) is 62.8 Å². The number of methoxy groups -OCH3 is 1. The number of guanidine groups is 1. The van der Waals surface area contributed by atoms with Crippen molar-refractivity contribution in [3.63, 3.8) is 0 Å². The Morgan fingerprint density at radius 1 is 1.21 bits per heavy atom. The van der Waals surface area contributed by atoms with E-state index in [-0.39, 0.29) is 5.91 Å². The molecule has 1 heterocycles. The number of amides is 1. The first-order chi connectivity index (χ1) is 13.6. The summed E-state index contributed by atoms with van der Waals surface area (Å²) < 4.78 is 5.36. The van der Waals surface area contributed by atoms with Crippen LogP contribution in [0.4, 0.5) is 0 Å². The second-order valence-corrected chi connectivity index (χ2v) is 7.63. The van der Waals surface area contributed by atoms with Crippen molar-refractivity contribution >= 4 is 11.9 Å². The minimum atomic E-state index is 0.157. The van der Waals surface area contributed by atoms with E-state index in [1.165, 1.54) is 5.56 Å². The fourth-order valence-electron chi connectivity index (χ4n) is 3.45. The van der Waals surface area contributed by atoms with Gasteiger partial charge < -0.3 is 20.3 Å². The molecule has 0 atom stereocenters. The number of ether oxygens (including phenoxy) is 1. The molecule has 2 aliphatic rings.